The third-order valence-corrected chi connectivity index (χ3v) is 6.70. The minimum atomic E-state index is -3.73. The summed E-state index contributed by atoms with van der Waals surface area (Å²) in [6.07, 6.45) is 3.44. The van der Waals surface area contributed by atoms with Gasteiger partial charge in [-0.15, -0.1) is 0 Å². The normalized spacial score (nSPS) is 11.4. The smallest absolute Gasteiger partial charge is 0.262 e. The zero-order valence-electron chi connectivity index (χ0n) is 17.8. The molecule has 0 saturated heterocycles. The zero-order valence-corrected chi connectivity index (χ0v) is 19.4. The van der Waals surface area contributed by atoms with Crippen molar-refractivity contribution in [3.63, 3.8) is 0 Å². The molecule has 0 atom stereocenters. The first-order chi connectivity index (χ1) is 15.2. The number of nitrogens with zero attached hydrogens (tertiary/aromatic N) is 2. The third-order valence-electron chi connectivity index (χ3n) is 4.93. The lowest BCUT2D eigenvalue weighted by Crippen LogP contribution is -2.14. The van der Waals surface area contributed by atoms with Crippen LogP contribution in [0.3, 0.4) is 0 Å². The molecule has 3 aromatic carbocycles. The summed E-state index contributed by atoms with van der Waals surface area (Å²) in [6, 6.07) is 17.5. The SMILES string of the molecule is Cc1ccc(-n2cc(Oc3ccc(NS(=O)(=O)c4ccc(Cl)cc4C)cc3)cn2)c(C)c1. The number of halogens is 1. The highest BCUT2D eigenvalue weighted by Crippen LogP contribution is 2.26. The molecule has 0 amide bonds. The molecule has 164 valence electrons. The van der Waals surface area contributed by atoms with Gasteiger partial charge >= 0.3 is 0 Å². The Morgan fingerprint density at radius 2 is 1.66 bits per heavy atom. The Morgan fingerprint density at radius 3 is 2.34 bits per heavy atom. The largest absolute Gasteiger partial charge is 0.454 e. The van der Waals surface area contributed by atoms with Crippen molar-refractivity contribution >= 4 is 27.3 Å². The summed E-state index contributed by atoms with van der Waals surface area (Å²) in [5.74, 6) is 1.14. The summed E-state index contributed by atoms with van der Waals surface area (Å²) in [7, 11) is -3.73. The molecule has 0 radical (unpaired) electrons. The van der Waals surface area contributed by atoms with Gasteiger partial charge in [0.2, 0.25) is 0 Å². The topological polar surface area (TPSA) is 73.2 Å². The molecule has 6 nitrogen and oxygen atoms in total. The number of hydrogen-bond acceptors (Lipinski definition) is 4. The fourth-order valence-corrected chi connectivity index (χ4v) is 4.92. The highest BCUT2D eigenvalue weighted by Gasteiger charge is 2.17. The predicted octanol–water partition coefficient (Wildman–Crippen LogP) is 6.04. The molecule has 1 aromatic heterocycles. The maximum Gasteiger partial charge on any atom is 0.262 e. The van der Waals surface area contributed by atoms with Crippen LogP contribution in [0, 0.1) is 20.8 Å². The van der Waals surface area contributed by atoms with E-state index in [2.05, 4.69) is 22.8 Å². The Morgan fingerprint density at radius 1 is 0.906 bits per heavy atom. The van der Waals surface area contributed by atoms with Crippen molar-refractivity contribution in [2.75, 3.05) is 4.72 Å². The van der Waals surface area contributed by atoms with Crippen LogP contribution in [0.5, 0.6) is 11.5 Å². The van der Waals surface area contributed by atoms with Crippen molar-refractivity contribution in [1.82, 2.24) is 9.78 Å². The number of nitrogens with one attached hydrogen (secondary N) is 1. The van der Waals surface area contributed by atoms with E-state index in [0.29, 0.717) is 27.8 Å². The zero-order chi connectivity index (χ0) is 22.9. The summed E-state index contributed by atoms with van der Waals surface area (Å²) in [6.45, 7) is 5.79. The molecule has 8 heteroatoms. The van der Waals surface area contributed by atoms with Gasteiger partial charge in [0.05, 0.1) is 23.0 Å². The van der Waals surface area contributed by atoms with Crippen molar-refractivity contribution in [3.05, 3.63) is 94.8 Å². The highest BCUT2D eigenvalue weighted by molar-refractivity contribution is 7.92. The number of aryl methyl sites for hydroxylation is 3. The van der Waals surface area contributed by atoms with Crippen molar-refractivity contribution in [2.24, 2.45) is 0 Å². The van der Waals surface area contributed by atoms with Gasteiger partial charge in [0, 0.05) is 10.7 Å². The van der Waals surface area contributed by atoms with Crippen LogP contribution in [-0.4, -0.2) is 18.2 Å². The Balaban J connectivity index is 1.47. The van der Waals surface area contributed by atoms with E-state index in [0.717, 1.165) is 11.3 Å². The van der Waals surface area contributed by atoms with Crippen molar-refractivity contribution in [3.8, 4) is 17.2 Å². The van der Waals surface area contributed by atoms with Crippen LogP contribution in [0.4, 0.5) is 5.69 Å². The molecular formula is C24H22ClN3O3S. The van der Waals surface area contributed by atoms with Crippen LogP contribution >= 0.6 is 11.6 Å². The number of ether oxygens (including phenoxy) is 1. The fourth-order valence-electron chi connectivity index (χ4n) is 3.40. The minimum absolute atomic E-state index is 0.182. The molecule has 0 aliphatic rings. The van der Waals surface area contributed by atoms with Gasteiger partial charge in [-0.1, -0.05) is 29.3 Å². The van der Waals surface area contributed by atoms with Crippen molar-refractivity contribution < 1.29 is 13.2 Å². The number of sulfonamides is 1. The second kappa shape index (κ2) is 8.68. The summed E-state index contributed by atoms with van der Waals surface area (Å²) < 4.78 is 35.6. The average molecular weight is 468 g/mol. The van der Waals surface area contributed by atoms with Crippen LogP contribution < -0.4 is 9.46 Å². The Hall–Kier alpha value is -3.29. The first-order valence-electron chi connectivity index (χ1n) is 9.90. The van der Waals surface area contributed by atoms with Crippen molar-refractivity contribution in [2.45, 2.75) is 25.7 Å². The van der Waals surface area contributed by atoms with Crippen LogP contribution in [0.15, 0.2) is 78.0 Å². The second-order valence-electron chi connectivity index (χ2n) is 7.55. The first kappa shape index (κ1) is 21.9. The molecule has 0 saturated carbocycles. The molecule has 0 aliphatic heterocycles. The molecule has 0 fully saturated rings. The van der Waals surface area contributed by atoms with Gasteiger partial charge in [0.15, 0.2) is 5.75 Å². The van der Waals surface area contributed by atoms with E-state index in [-0.39, 0.29) is 4.90 Å². The van der Waals surface area contributed by atoms with E-state index in [1.807, 2.05) is 19.1 Å². The van der Waals surface area contributed by atoms with E-state index in [9.17, 15) is 8.42 Å². The minimum Gasteiger partial charge on any atom is -0.454 e. The lowest BCUT2D eigenvalue weighted by atomic mass is 10.1. The van der Waals surface area contributed by atoms with Gasteiger partial charge in [0.1, 0.15) is 5.75 Å². The molecule has 0 unspecified atom stereocenters. The van der Waals surface area contributed by atoms with Gasteiger partial charge in [-0.3, -0.25) is 4.72 Å². The van der Waals surface area contributed by atoms with E-state index in [4.69, 9.17) is 16.3 Å². The average Bonchev–Trinajstić information content (AvgIpc) is 3.17. The summed E-state index contributed by atoms with van der Waals surface area (Å²) in [4.78, 5) is 0.182. The monoisotopic (exact) mass is 467 g/mol. The number of rotatable bonds is 6. The second-order valence-corrected chi connectivity index (χ2v) is 9.64. The van der Waals surface area contributed by atoms with E-state index in [1.54, 1.807) is 60.4 Å². The lowest BCUT2D eigenvalue weighted by Gasteiger charge is -2.11. The Labute approximate surface area is 192 Å². The number of hydrogen-bond donors (Lipinski definition) is 1. The Bertz CT molecular complexity index is 1380. The van der Waals surface area contributed by atoms with E-state index < -0.39 is 10.0 Å². The Kier molecular flexibility index (Phi) is 5.95. The van der Waals surface area contributed by atoms with Gasteiger partial charge in [0.25, 0.3) is 10.0 Å². The third kappa shape index (κ3) is 4.79. The van der Waals surface area contributed by atoms with E-state index >= 15 is 0 Å². The van der Waals surface area contributed by atoms with Gasteiger partial charge in [-0.2, -0.15) is 5.10 Å². The maximum atomic E-state index is 12.7. The van der Waals surface area contributed by atoms with Crippen LogP contribution in [0.25, 0.3) is 5.69 Å². The van der Waals surface area contributed by atoms with Crippen molar-refractivity contribution in [1.29, 1.82) is 0 Å². The number of aromatic nitrogens is 2. The number of benzene rings is 3. The fraction of sp³-hybridized carbons (Fsp3) is 0.125. The van der Waals surface area contributed by atoms with Crippen LogP contribution in [0.2, 0.25) is 5.02 Å². The quantitative estimate of drug-likeness (QED) is 0.375. The molecule has 1 N–H and O–H groups in total. The maximum absolute atomic E-state index is 12.7. The number of anilines is 1. The first-order valence-corrected chi connectivity index (χ1v) is 11.8. The standard InChI is InChI=1S/C24H22ClN3O3S/c1-16-4-10-23(17(2)12-16)28-15-22(14-26-28)31-21-8-6-20(7-9-21)27-32(29,30)24-11-5-19(25)13-18(24)3/h4-15,27H,1-3H3. The van der Waals surface area contributed by atoms with Crippen LogP contribution in [-0.2, 0) is 10.0 Å². The molecule has 0 bridgehead atoms. The molecule has 1 heterocycles. The van der Waals surface area contributed by atoms with E-state index in [1.165, 1.54) is 11.6 Å². The molecular weight excluding hydrogens is 446 g/mol. The summed E-state index contributed by atoms with van der Waals surface area (Å²) >= 11 is 5.93. The molecule has 4 aromatic rings. The molecule has 4 rings (SSSR count). The van der Waals surface area contributed by atoms with Gasteiger partial charge in [-0.05, 0) is 80.4 Å². The lowest BCUT2D eigenvalue weighted by molar-refractivity contribution is 0.482. The predicted molar refractivity (Wildman–Crippen MR) is 127 cm³/mol. The van der Waals surface area contributed by atoms with Crippen LogP contribution in [0.1, 0.15) is 16.7 Å². The molecule has 0 aliphatic carbocycles. The summed E-state index contributed by atoms with van der Waals surface area (Å²) in [5.41, 5.74) is 4.29. The van der Waals surface area contributed by atoms with Gasteiger partial charge < -0.3 is 4.74 Å². The van der Waals surface area contributed by atoms with Gasteiger partial charge in [-0.25, -0.2) is 13.1 Å². The summed E-state index contributed by atoms with van der Waals surface area (Å²) in [5, 5.41) is 4.87. The molecule has 0 spiro atoms. The molecule has 32 heavy (non-hydrogen) atoms. The highest BCUT2D eigenvalue weighted by atomic mass is 35.5.